The molecule has 0 aromatic heterocycles. The molecule has 112 valence electrons. The van der Waals surface area contributed by atoms with Gasteiger partial charge in [0.2, 0.25) is 0 Å². The lowest BCUT2D eigenvalue weighted by atomic mass is 10.2. The number of hydrogen-bond acceptors (Lipinski definition) is 2. The zero-order valence-corrected chi connectivity index (χ0v) is 12.8. The highest BCUT2D eigenvalue weighted by Crippen LogP contribution is 2.33. The summed E-state index contributed by atoms with van der Waals surface area (Å²) in [6, 6.07) is 9.56. The Labute approximate surface area is 135 Å². The maximum atomic E-state index is 12.3. The van der Waals surface area contributed by atoms with Crippen molar-refractivity contribution in [1.29, 1.82) is 0 Å². The predicted octanol–water partition coefficient (Wildman–Crippen LogP) is 5.86. The highest BCUT2D eigenvalue weighted by Gasteiger charge is 2.12. The summed E-state index contributed by atoms with van der Waals surface area (Å²) < 4.78 is 29.1. The van der Waals surface area contributed by atoms with Crippen molar-refractivity contribution in [3.63, 3.8) is 0 Å². The molecule has 2 aromatic carbocycles. The summed E-state index contributed by atoms with van der Waals surface area (Å²) in [7, 11) is 0. The second kappa shape index (κ2) is 7.16. The first kappa shape index (κ1) is 16.1. The Balaban J connectivity index is 2.19. The van der Waals surface area contributed by atoms with Gasteiger partial charge in [-0.25, -0.2) is 0 Å². The van der Waals surface area contributed by atoms with Crippen LogP contribution in [0.15, 0.2) is 36.4 Å². The fourth-order valence-corrected chi connectivity index (χ4v) is 2.41. The van der Waals surface area contributed by atoms with Gasteiger partial charge in [-0.05, 0) is 24.3 Å². The Bertz CT molecular complexity index is 638. The average molecular weight is 353 g/mol. The van der Waals surface area contributed by atoms with Crippen LogP contribution in [0.1, 0.15) is 5.56 Å². The molecule has 0 radical (unpaired) electrons. The second-order valence-corrected chi connectivity index (χ2v) is 5.24. The van der Waals surface area contributed by atoms with Gasteiger partial charge in [-0.1, -0.05) is 46.9 Å². The van der Waals surface area contributed by atoms with E-state index in [1.165, 1.54) is 6.07 Å². The summed E-state index contributed by atoms with van der Waals surface area (Å²) in [5.74, 6) is 0.0433. The van der Waals surface area contributed by atoms with Crippen molar-refractivity contribution < 1.29 is 13.5 Å². The molecule has 0 aliphatic carbocycles. The molecule has 21 heavy (non-hydrogen) atoms. The van der Waals surface area contributed by atoms with Crippen molar-refractivity contribution in [2.24, 2.45) is 0 Å². The minimum atomic E-state index is -2.90. The molecule has 0 heterocycles. The van der Waals surface area contributed by atoms with Crippen LogP contribution in [0.25, 0.3) is 0 Å². The largest absolute Gasteiger partial charge is 0.433 e. The summed E-state index contributed by atoms with van der Waals surface area (Å²) >= 11 is 18.1. The van der Waals surface area contributed by atoms with Crippen LogP contribution in [0.5, 0.6) is 5.75 Å². The number of hydrogen-bond donors (Lipinski definition) is 1. The van der Waals surface area contributed by atoms with Gasteiger partial charge in [-0.3, -0.25) is 0 Å². The van der Waals surface area contributed by atoms with Gasteiger partial charge >= 0.3 is 6.61 Å². The van der Waals surface area contributed by atoms with Gasteiger partial charge in [-0.15, -0.1) is 0 Å². The van der Waals surface area contributed by atoms with Gasteiger partial charge < -0.3 is 10.1 Å². The molecule has 0 bridgehead atoms. The van der Waals surface area contributed by atoms with E-state index < -0.39 is 6.61 Å². The molecule has 0 spiro atoms. The minimum Gasteiger partial charge on any atom is -0.433 e. The third-order valence-electron chi connectivity index (χ3n) is 2.70. The van der Waals surface area contributed by atoms with Gasteiger partial charge in [-0.2, -0.15) is 8.78 Å². The lowest BCUT2D eigenvalue weighted by Gasteiger charge is -2.14. The van der Waals surface area contributed by atoms with E-state index in [4.69, 9.17) is 34.8 Å². The average Bonchev–Trinajstić information content (AvgIpc) is 2.44. The molecule has 0 aliphatic rings. The quantitative estimate of drug-likeness (QED) is 0.680. The van der Waals surface area contributed by atoms with Crippen molar-refractivity contribution in [2.45, 2.75) is 13.2 Å². The minimum absolute atomic E-state index is 0.0433. The van der Waals surface area contributed by atoms with E-state index in [9.17, 15) is 8.78 Å². The van der Waals surface area contributed by atoms with Crippen LogP contribution >= 0.6 is 34.8 Å². The lowest BCUT2D eigenvalue weighted by molar-refractivity contribution is -0.0493. The Kier molecular flexibility index (Phi) is 5.51. The van der Waals surface area contributed by atoms with Gasteiger partial charge in [0.15, 0.2) is 0 Å². The van der Waals surface area contributed by atoms with Gasteiger partial charge in [0.25, 0.3) is 0 Å². The molecule has 2 rings (SSSR count). The number of alkyl halides is 2. The van der Waals surface area contributed by atoms with Gasteiger partial charge in [0.05, 0.1) is 15.7 Å². The summed E-state index contributed by atoms with van der Waals surface area (Å²) in [6.07, 6.45) is 0. The van der Waals surface area contributed by atoms with Crippen LogP contribution in [0.4, 0.5) is 14.5 Å². The summed E-state index contributed by atoms with van der Waals surface area (Å²) in [5, 5.41) is 4.09. The van der Waals surface area contributed by atoms with Crippen LogP contribution in [0.3, 0.4) is 0 Å². The Morgan fingerprint density at radius 1 is 1.00 bits per heavy atom. The zero-order valence-electron chi connectivity index (χ0n) is 10.5. The van der Waals surface area contributed by atoms with E-state index in [1.54, 1.807) is 30.3 Å². The van der Waals surface area contributed by atoms with E-state index in [1.807, 2.05) is 0 Å². The fraction of sp³-hybridized carbons (Fsp3) is 0.143. The monoisotopic (exact) mass is 351 g/mol. The molecule has 0 aliphatic heterocycles. The molecular formula is C14H10Cl3F2NO. The Morgan fingerprint density at radius 3 is 2.38 bits per heavy atom. The molecule has 0 saturated carbocycles. The topological polar surface area (TPSA) is 21.3 Å². The van der Waals surface area contributed by atoms with Crippen LogP contribution in [-0.2, 0) is 6.54 Å². The van der Waals surface area contributed by atoms with Crippen LogP contribution in [-0.4, -0.2) is 6.61 Å². The van der Waals surface area contributed by atoms with E-state index in [2.05, 4.69) is 10.1 Å². The highest BCUT2D eigenvalue weighted by molar-refractivity contribution is 6.44. The number of nitrogens with one attached hydrogen (secondary N) is 1. The summed E-state index contributed by atoms with van der Waals surface area (Å²) in [4.78, 5) is 0. The van der Waals surface area contributed by atoms with Crippen molar-refractivity contribution in [1.82, 2.24) is 0 Å². The SMILES string of the molecule is FC(F)Oc1ccccc1NCc1c(Cl)ccc(Cl)c1Cl. The molecule has 2 nitrogen and oxygen atoms in total. The van der Waals surface area contributed by atoms with Crippen molar-refractivity contribution in [2.75, 3.05) is 5.32 Å². The predicted molar refractivity (Wildman–Crippen MR) is 81.9 cm³/mol. The zero-order chi connectivity index (χ0) is 15.4. The van der Waals surface area contributed by atoms with Gasteiger partial charge in [0.1, 0.15) is 5.75 Å². The molecule has 0 fully saturated rings. The lowest BCUT2D eigenvalue weighted by Crippen LogP contribution is -2.07. The second-order valence-electron chi connectivity index (χ2n) is 4.05. The number of para-hydroxylation sites is 2. The van der Waals surface area contributed by atoms with Crippen LogP contribution < -0.4 is 10.1 Å². The normalized spacial score (nSPS) is 10.8. The van der Waals surface area contributed by atoms with Crippen LogP contribution in [0, 0.1) is 0 Å². The molecule has 2 aromatic rings. The van der Waals surface area contributed by atoms with Crippen LogP contribution in [0.2, 0.25) is 15.1 Å². The molecular weight excluding hydrogens is 343 g/mol. The molecule has 0 unspecified atom stereocenters. The number of benzene rings is 2. The number of halogens is 5. The Morgan fingerprint density at radius 2 is 1.67 bits per heavy atom. The first-order chi connectivity index (χ1) is 9.99. The molecule has 0 amide bonds. The number of ether oxygens (including phenoxy) is 1. The third kappa shape index (κ3) is 4.13. The van der Waals surface area contributed by atoms with E-state index >= 15 is 0 Å². The molecule has 0 atom stereocenters. The Hall–Kier alpha value is -1.23. The first-order valence-corrected chi connectivity index (χ1v) is 7.02. The van der Waals surface area contributed by atoms with Crippen molar-refractivity contribution >= 4 is 40.5 Å². The standard InChI is InChI=1S/C14H10Cl3F2NO/c15-9-5-6-10(16)13(17)8(9)7-20-11-3-1-2-4-12(11)21-14(18)19/h1-6,14,20H,7H2. The fourth-order valence-electron chi connectivity index (χ4n) is 1.73. The third-order valence-corrected chi connectivity index (χ3v) is 3.90. The van der Waals surface area contributed by atoms with E-state index in [-0.39, 0.29) is 12.3 Å². The summed E-state index contributed by atoms with van der Waals surface area (Å²) in [6.45, 7) is -2.67. The van der Waals surface area contributed by atoms with Crippen molar-refractivity contribution in [3.05, 3.63) is 57.0 Å². The molecule has 0 saturated heterocycles. The maximum Gasteiger partial charge on any atom is 0.387 e. The smallest absolute Gasteiger partial charge is 0.387 e. The summed E-state index contributed by atoms with van der Waals surface area (Å²) in [5.41, 5.74) is 0.989. The highest BCUT2D eigenvalue weighted by atomic mass is 35.5. The maximum absolute atomic E-state index is 12.3. The van der Waals surface area contributed by atoms with Crippen molar-refractivity contribution in [3.8, 4) is 5.75 Å². The number of rotatable bonds is 5. The molecule has 1 N–H and O–H groups in total. The van der Waals surface area contributed by atoms with E-state index in [0.717, 1.165) is 0 Å². The van der Waals surface area contributed by atoms with E-state index in [0.29, 0.717) is 26.3 Å². The molecule has 7 heteroatoms. The first-order valence-electron chi connectivity index (χ1n) is 5.89. The number of anilines is 1. The van der Waals surface area contributed by atoms with Gasteiger partial charge in [0, 0.05) is 17.1 Å².